The first-order valence-corrected chi connectivity index (χ1v) is 7.29. The second-order valence-electron chi connectivity index (χ2n) is 3.82. The van der Waals surface area contributed by atoms with Gasteiger partial charge in [0.25, 0.3) is 0 Å². The highest BCUT2D eigenvalue weighted by Crippen LogP contribution is 2.33. The molecule has 0 atom stereocenters. The summed E-state index contributed by atoms with van der Waals surface area (Å²) in [6.45, 7) is 1.86. The Morgan fingerprint density at radius 3 is 2.47 bits per heavy atom. The van der Waals surface area contributed by atoms with E-state index in [0.717, 1.165) is 4.88 Å². The summed E-state index contributed by atoms with van der Waals surface area (Å²) >= 11 is 19.1. The van der Waals surface area contributed by atoms with Gasteiger partial charge in [0.15, 0.2) is 6.61 Å². The summed E-state index contributed by atoms with van der Waals surface area (Å²) in [4.78, 5) is 13.6. The SMILES string of the molecule is Cc1ccc(C(=O)COc2cc(Cl)c(Cl)cc2Cl)s1. The molecule has 0 aliphatic carbocycles. The van der Waals surface area contributed by atoms with E-state index in [9.17, 15) is 4.79 Å². The van der Waals surface area contributed by atoms with Crippen molar-refractivity contribution in [1.29, 1.82) is 0 Å². The van der Waals surface area contributed by atoms with Crippen molar-refractivity contribution >= 4 is 51.9 Å². The van der Waals surface area contributed by atoms with E-state index in [-0.39, 0.29) is 12.4 Å². The van der Waals surface area contributed by atoms with E-state index in [2.05, 4.69) is 0 Å². The van der Waals surface area contributed by atoms with Gasteiger partial charge >= 0.3 is 0 Å². The summed E-state index contributed by atoms with van der Waals surface area (Å²) in [5.41, 5.74) is 0. The van der Waals surface area contributed by atoms with Crippen LogP contribution in [0.3, 0.4) is 0 Å². The minimum Gasteiger partial charge on any atom is -0.484 e. The molecule has 1 aromatic heterocycles. The molecule has 6 heteroatoms. The molecular formula is C13H9Cl3O2S. The molecule has 2 aromatic rings. The van der Waals surface area contributed by atoms with E-state index < -0.39 is 0 Å². The summed E-state index contributed by atoms with van der Waals surface area (Å²) in [6, 6.07) is 6.66. The Morgan fingerprint density at radius 1 is 1.16 bits per heavy atom. The van der Waals surface area contributed by atoms with E-state index in [1.54, 1.807) is 6.07 Å². The van der Waals surface area contributed by atoms with Crippen LogP contribution in [-0.4, -0.2) is 12.4 Å². The molecule has 2 nitrogen and oxygen atoms in total. The maximum absolute atomic E-state index is 11.9. The van der Waals surface area contributed by atoms with Crippen molar-refractivity contribution in [2.45, 2.75) is 6.92 Å². The zero-order valence-corrected chi connectivity index (χ0v) is 13.0. The topological polar surface area (TPSA) is 26.3 Å². The highest BCUT2D eigenvalue weighted by Gasteiger charge is 2.12. The third-order valence-electron chi connectivity index (χ3n) is 2.35. The van der Waals surface area contributed by atoms with Gasteiger partial charge in [-0.1, -0.05) is 34.8 Å². The Kier molecular flexibility index (Phi) is 4.74. The van der Waals surface area contributed by atoms with Gasteiger partial charge in [0.05, 0.1) is 19.9 Å². The van der Waals surface area contributed by atoms with E-state index in [1.165, 1.54) is 23.5 Å². The molecule has 2 rings (SSSR count). The van der Waals surface area contributed by atoms with Crippen LogP contribution in [0, 0.1) is 6.92 Å². The number of carbonyl (C=O) groups is 1. The van der Waals surface area contributed by atoms with Crippen molar-refractivity contribution in [3.63, 3.8) is 0 Å². The number of Topliss-reactive ketones (excluding diaryl/α,β-unsaturated/α-hetero) is 1. The fourth-order valence-electron chi connectivity index (χ4n) is 1.41. The monoisotopic (exact) mass is 334 g/mol. The van der Waals surface area contributed by atoms with Crippen LogP contribution in [0.5, 0.6) is 5.75 Å². The number of halogens is 3. The standard InChI is InChI=1S/C13H9Cl3O2S/c1-7-2-3-13(19-7)11(17)6-18-12-5-9(15)8(14)4-10(12)16/h2-5H,6H2,1H3. The lowest BCUT2D eigenvalue weighted by molar-refractivity contribution is 0.0925. The molecule has 0 radical (unpaired) electrons. The van der Waals surface area contributed by atoms with E-state index in [0.29, 0.717) is 25.7 Å². The predicted molar refractivity (Wildman–Crippen MR) is 80.4 cm³/mol. The quantitative estimate of drug-likeness (QED) is 0.561. The van der Waals surface area contributed by atoms with E-state index in [1.807, 2.05) is 13.0 Å². The number of carbonyl (C=O) groups excluding carboxylic acids is 1. The number of rotatable bonds is 4. The Labute approximate surface area is 129 Å². The van der Waals surface area contributed by atoms with Crippen molar-refractivity contribution in [3.8, 4) is 5.75 Å². The van der Waals surface area contributed by atoms with Gasteiger partial charge in [-0.2, -0.15) is 0 Å². The number of ether oxygens (including phenoxy) is 1. The minimum atomic E-state index is -0.0970. The normalized spacial score (nSPS) is 10.5. The van der Waals surface area contributed by atoms with Crippen LogP contribution >= 0.6 is 46.1 Å². The maximum Gasteiger partial charge on any atom is 0.210 e. The molecule has 100 valence electrons. The molecule has 19 heavy (non-hydrogen) atoms. The van der Waals surface area contributed by atoms with Crippen molar-refractivity contribution in [2.75, 3.05) is 6.61 Å². The fourth-order valence-corrected chi connectivity index (χ4v) is 2.80. The first-order valence-electron chi connectivity index (χ1n) is 5.34. The molecule has 0 aliphatic rings. The number of hydrogen-bond acceptors (Lipinski definition) is 3. The van der Waals surface area contributed by atoms with Crippen molar-refractivity contribution in [2.24, 2.45) is 0 Å². The van der Waals surface area contributed by atoms with E-state index in [4.69, 9.17) is 39.5 Å². The van der Waals surface area contributed by atoms with Crippen molar-refractivity contribution in [3.05, 3.63) is 49.1 Å². The highest BCUT2D eigenvalue weighted by molar-refractivity contribution is 7.14. The molecule has 0 unspecified atom stereocenters. The van der Waals surface area contributed by atoms with Gasteiger partial charge in [-0.25, -0.2) is 0 Å². The molecule has 0 saturated carbocycles. The zero-order chi connectivity index (χ0) is 14.0. The van der Waals surface area contributed by atoms with Gasteiger partial charge in [0.2, 0.25) is 5.78 Å². The largest absolute Gasteiger partial charge is 0.484 e. The molecule has 1 aromatic carbocycles. The second-order valence-corrected chi connectivity index (χ2v) is 6.33. The minimum absolute atomic E-state index is 0.0857. The summed E-state index contributed by atoms with van der Waals surface area (Å²) in [5.74, 6) is 0.248. The lowest BCUT2D eigenvalue weighted by Crippen LogP contribution is -2.10. The number of aryl methyl sites for hydroxylation is 1. The molecule has 0 amide bonds. The van der Waals surface area contributed by atoms with Gasteiger partial charge in [-0.15, -0.1) is 11.3 Å². The van der Waals surface area contributed by atoms with Gasteiger partial charge in [0.1, 0.15) is 5.75 Å². The van der Waals surface area contributed by atoms with Crippen LogP contribution in [0.2, 0.25) is 15.1 Å². The number of benzene rings is 1. The predicted octanol–water partition coefficient (Wildman–Crippen LogP) is 5.28. The van der Waals surface area contributed by atoms with Gasteiger partial charge in [0, 0.05) is 10.9 Å². The van der Waals surface area contributed by atoms with Gasteiger partial charge < -0.3 is 4.74 Å². The summed E-state index contributed by atoms with van der Waals surface area (Å²) in [6.07, 6.45) is 0. The average Bonchev–Trinajstić information content (AvgIpc) is 2.78. The average molecular weight is 336 g/mol. The number of ketones is 1. The second kappa shape index (κ2) is 6.14. The summed E-state index contributed by atoms with van der Waals surface area (Å²) < 4.78 is 5.38. The maximum atomic E-state index is 11.9. The highest BCUT2D eigenvalue weighted by atomic mass is 35.5. The first-order chi connectivity index (χ1) is 8.97. The third-order valence-corrected chi connectivity index (χ3v) is 4.41. The lowest BCUT2D eigenvalue weighted by Gasteiger charge is -2.08. The van der Waals surface area contributed by atoms with Crippen molar-refractivity contribution in [1.82, 2.24) is 0 Å². The Balaban J connectivity index is 2.07. The number of hydrogen-bond donors (Lipinski definition) is 0. The van der Waals surface area contributed by atoms with Crippen LogP contribution in [0.4, 0.5) is 0 Å². The molecule has 0 bridgehead atoms. The van der Waals surface area contributed by atoms with Crippen LogP contribution in [0.1, 0.15) is 14.5 Å². The van der Waals surface area contributed by atoms with Crippen LogP contribution < -0.4 is 4.74 Å². The molecule has 0 aliphatic heterocycles. The van der Waals surface area contributed by atoms with Crippen LogP contribution in [-0.2, 0) is 0 Å². The lowest BCUT2D eigenvalue weighted by atomic mass is 10.3. The number of thiophene rings is 1. The molecule has 0 spiro atoms. The summed E-state index contributed by atoms with van der Waals surface area (Å²) in [7, 11) is 0. The third kappa shape index (κ3) is 3.63. The van der Waals surface area contributed by atoms with Crippen LogP contribution in [0.15, 0.2) is 24.3 Å². The van der Waals surface area contributed by atoms with Gasteiger partial charge in [-0.3, -0.25) is 4.79 Å². The van der Waals surface area contributed by atoms with Gasteiger partial charge in [-0.05, 0) is 25.1 Å². The molecule has 0 saturated heterocycles. The zero-order valence-electron chi connectivity index (χ0n) is 9.88. The Bertz CT molecular complexity index is 622. The first kappa shape index (κ1) is 14.7. The smallest absolute Gasteiger partial charge is 0.210 e. The molecule has 1 heterocycles. The summed E-state index contributed by atoms with van der Waals surface area (Å²) in [5, 5.41) is 1.00. The molecular weight excluding hydrogens is 327 g/mol. The van der Waals surface area contributed by atoms with Crippen molar-refractivity contribution < 1.29 is 9.53 Å². The molecule has 0 N–H and O–H groups in total. The van der Waals surface area contributed by atoms with Crippen LogP contribution in [0.25, 0.3) is 0 Å². The molecule has 0 fully saturated rings. The fraction of sp³-hybridized carbons (Fsp3) is 0.154. The Hall–Kier alpha value is -0.740. The Morgan fingerprint density at radius 2 is 1.84 bits per heavy atom. The van der Waals surface area contributed by atoms with E-state index >= 15 is 0 Å².